The summed E-state index contributed by atoms with van der Waals surface area (Å²) in [5, 5.41) is 0. The molecule has 2 nitrogen and oxygen atoms in total. The first-order valence-electron chi connectivity index (χ1n) is 22.4. The lowest BCUT2D eigenvalue weighted by Crippen LogP contribution is -2.26. The third kappa shape index (κ3) is 9.31. The molecule has 7 rings (SSSR count). The number of benzene rings is 7. The van der Waals surface area contributed by atoms with Crippen molar-refractivity contribution in [2.75, 3.05) is 9.80 Å². The standard InChI is InChI=1S/C60H68N2/c1-56(2,3)43-24-32-50(33-25-43)61(51-34-26-44(27-35-51)57(4,5)6)54-40-49(60(13,47-20-16-14-17-21-47)48-22-18-15-19-23-48)41-55(42-54)62(52-36-28-45(29-37-52)58(7,8)9)53-38-30-46(31-39-53)59(10,11)12/h14-42H,1-13H3. The van der Waals surface area contributed by atoms with Crippen molar-refractivity contribution in [3.8, 4) is 0 Å². The van der Waals surface area contributed by atoms with E-state index in [4.69, 9.17) is 0 Å². The van der Waals surface area contributed by atoms with Crippen molar-refractivity contribution >= 4 is 34.1 Å². The molecule has 0 heterocycles. The van der Waals surface area contributed by atoms with Crippen LogP contribution in [0.3, 0.4) is 0 Å². The molecular weight excluding hydrogens is 749 g/mol. The van der Waals surface area contributed by atoms with E-state index in [2.05, 4.69) is 276 Å². The molecule has 0 saturated heterocycles. The minimum atomic E-state index is -0.497. The first kappa shape index (κ1) is 44.2. The van der Waals surface area contributed by atoms with Crippen molar-refractivity contribution in [3.63, 3.8) is 0 Å². The Labute approximate surface area is 374 Å². The molecule has 0 aliphatic carbocycles. The average Bonchev–Trinajstić information content (AvgIpc) is 3.24. The lowest BCUT2D eigenvalue weighted by molar-refractivity contribution is 0.590. The number of nitrogens with zero attached hydrogens (tertiary/aromatic N) is 2. The maximum absolute atomic E-state index is 2.45. The Morgan fingerprint density at radius 3 is 0.694 bits per heavy atom. The highest BCUT2D eigenvalue weighted by atomic mass is 15.2. The largest absolute Gasteiger partial charge is 0.310 e. The zero-order valence-corrected chi connectivity index (χ0v) is 39.6. The van der Waals surface area contributed by atoms with Gasteiger partial charge in [-0.1, -0.05) is 192 Å². The molecule has 0 amide bonds. The molecule has 7 aromatic rings. The van der Waals surface area contributed by atoms with Crippen molar-refractivity contribution in [2.45, 2.75) is 117 Å². The third-order valence-corrected chi connectivity index (χ3v) is 12.7. The monoisotopic (exact) mass is 817 g/mol. The minimum absolute atomic E-state index is 0.0313. The molecular formula is C60H68N2. The smallest absolute Gasteiger partial charge is 0.0485 e. The van der Waals surface area contributed by atoms with Gasteiger partial charge in [-0.3, -0.25) is 0 Å². The Hall–Kier alpha value is -5.86. The summed E-state index contributed by atoms with van der Waals surface area (Å²) in [6.07, 6.45) is 0. The van der Waals surface area contributed by atoms with Gasteiger partial charge in [-0.05, 0) is 134 Å². The van der Waals surface area contributed by atoms with Gasteiger partial charge in [-0.2, -0.15) is 0 Å². The maximum atomic E-state index is 2.45. The van der Waals surface area contributed by atoms with Crippen LogP contribution in [0, 0.1) is 0 Å². The minimum Gasteiger partial charge on any atom is -0.310 e. The van der Waals surface area contributed by atoms with Crippen LogP contribution in [0.1, 0.15) is 129 Å². The maximum Gasteiger partial charge on any atom is 0.0485 e. The van der Waals surface area contributed by atoms with Crippen LogP contribution in [0.5, 0.6) is 0 Å². The summed E-state index contributed by atoms with van der Waals surface area (Å²) >= 11 is 0. The van der Waals surface area contributed by atoms with E-state index in [1.807, 2.05) is 0 Å². The van der Waals surface area contributed by atoms with E-state index in [-0.39, 0.29) is 21.7 Å². The van der Waals surface area contributed by atoms with E-state index in [1.165, 1.54) is 38.9 Å². The molecule has 0 aromatic heterocycles. The van der Waals surface area contributed by atoms with E-state index in [0.29, 0.717) is 0 Å². The summed E-state index contributed by atoms with van der Waals surface area (Å²) < 4.78 is 0. The van der Waals surface area contributed by atoms with Crippen LogP contribution in [0.2, 0.25) is 0 Å². The van der Waals surface area contributed by atoms with Crippen molar-refractivity contribution < 1.29 is 0 Å². The van der Waals surface area contributed by atoms with E-state index >= 15 is 0 Å². The zero-order chi connectivity index (χ0) is 44.7. The second kappa shape index (κ2) is 16.8. The summed E-state index contributed by atoms with van der Waals surface area (Å²) in [7, 11) is 0. The molecule has 0 aliphatic rings. The van der Waals surface area contributed by atoms with E-state index in [0.717, 1.165) is 34.1 Å². The molecule has 0 atom stereocenters. The van der Waals surface area contributed by atoms with Crippen LogP contribution in [0.25, 0.3) is 0 Å². The van der Waals surface area contributed by atoms with Gasteiger partial charge in [-0.25, -0.2) is 0 Å². The molecule has 0 saturated carbocycles. The van der Waals surface area contributed by atoms with Crippen LogP contribution in [-0.2, 0) is 27.1 Å². The molecule has 0 spiro atoms. The van der Waals surface area contributed by atoms with Gasteiger partial charge < -0.3 is 9.80 Å². The molecule has 0 aliphatic heterocycles. The van der Waals surface area contributed by atoms with Gasteiger partial charge in [0.2, 0.25) is 0 Å². The van der Waals surface area contributed by atoms with Crippen LogP contribution >= 0.6 is 0 Å². The summed E-state index contributed by atoms with van der Waals surface area (Å²) in [5.74, 6) is 0. The SMILES string of the molecule is CC(C)(C)c1ccc(N(c2ccc(C(C)(C)C)cc2)c2cc(N(c3ccc(C(C)(C)C)cc3)c3ccc(C(C)(C)C)cc3)cc(C(C)(c3ccccc3)c3ccccc3)c2)cc1. The second-order valence-electron chi connectivity index (χ2n) is 21.5. The first-order valence-corrected chi connectivity index (χ1v) is 22.4. The Kier molecular flexibility index (Phi) is 12.0. The van der Waals surface area contributed by atoms with Crippen molar-refractivity contribution in [1.82, 2.24) is 0 Å². The summed E-state index contributed by atoms with van der Waals surface area (Å²) in [6.45, 7) is 29.8. The number of hydrogen-bond donors (Lipinski definition) is 0. The van der Waals surface area contributed by atoms with Crippen molar-refractivity contribution in [2.24, 2.45) is 0 Å². The second-order valence-corrected chi connectivity index (χ2v) is 21.5. The number of rotatable bonds is 9. The molecule has 318 valence electrons. The van der Waals surface area contributed by atoms with Crippen LogP contribution < -0.4 is 9.80 Å². The molecule has 0 N–H and O–H groups in total. The third-order valence-electron chi connectivity index (χ3n) is 12.7. The van der Waals surface area contributed by atoms with E-state index in [1.54, 1.807) is 0 Å². The molecule has 7 aromatic carbocycles. The fraction of sp³-hybridized carbons (Fsp3) is 0.300. The van der Waals surface area contributed by atoms with Gasteiger partial charge in [0.05, 0.1) is 0 Å². The van der Waals surface area contributed by atoms with Gasteiger partial charge >= 0.3 is 0 Å². The molecule has 62 heavy (non-hydrogen) atoms. The van der Waals surface area contributed by atoms with Crippen LogP contribution in [-0.4, -0.2) is 0 Å². The van der Waals surface area contributed by atoms with Crippen molar-refractivity contribution in [3.05, 3.63) is 215 Å². The highest BCUT2D eigenvalue weighted by Gasteiger charge is 2.33. The fourth-order valence-electron chi connectivity index (χ4n) is 8.52. The summed E-state index contributed by atoms with van der Waals surface area (Å²) in [5.41, 5.74) is 15.2. The Morgan fingerprint density at radius 1 is 0.226 bits per heavy atom. The number of anilines is 6. The molecule has 2 heteroatoms. The van der Waals surface area contributed by atoms with Gasteiger partial charge in [0, 0.05) is 39.5 Å². The normalized spacial score (nSPS) is 12.6. The van der Waals surface area contributed by atoms with Crippen molar-refractivity contribution in [1.29, 1.82) is 0 Å². The number of hydrogen-bond acceptors (Lipinski definition) is 2. The van der Waals surface area contributed by atoms with Crippen LogP contribution in [0.15, 0.2) is 176 Å². The highest BCUT2D eigenvalue weighted by molar-refractivity contribution is 5.84. The van der Waals surface area contributed by atoms with Gasteiger partial charge in [0.25, 0.3) is 0 Å². The Balaban J connectivity index is 1.57. The molecule has 0 bridgehead atoms. The molecule has 0 radical (unpaired) electrons. The predicted molar refractivity (Wildman–Crippen MR) is 269 cm³/mol. The van der Waals surface area contributed by atoms with Crippen LogP contribution in [0.4, 0.5) is 34.1 Å². The first-order chi connectivity index (χ1) is 29.1. The zero-order valence-electron chi connectivity index (χ0n) is 39.6. The van der Waals surface area contributed by atoms with E-state index < -0.39 is 5.41 Å². The van der Waals surface area contributed by atoms with Gasteiger partial charge in [-0.15, -0.1) is 0 Å². The summed E-state index contributed by atoms with van der Waals surface area (Å²) in [4.78, 5) is 4.90. The van der Waals surface area contributed by atoms with Gasteiger partial charge in [0.15, 0.2) is 0 Å². The predicted octanol–water partition coefficient (Wildman–Crippen LogP) is 17.2. The fourth-order valence-corrected chi connectivity index (χ4v) is 8.52. The lowest BCUT2D eigenvalue weighted by Gasteiger charge is -2.36. The molecule has 0 unspecified atom stereocenters. The average molecular weight is 817 g/mol. The topological polar surface area (TPSA) is 6.48 Å². The Bertz CT molecular complexity index is 2260. The summed E-state index contributed by atoms with van der Waals surface area (Å²) in [6, 6.07) is 66.1. The van der Waals surface area contributed by atoms with E-state index in [9.17, 15) is 0 Å². The lowest BCUT2D eigenvalue weighted by atomic mass is 9.71. The quantitative estimate of drug-likeness (QED) is 0.134. The molecule has 0 fully saturated rings. The van der Waals surface area contributed by atoms with Gasteiger partial charge in [0.1, 0.15) is 0 Å². The Morgan fingerprint density at radius 2 is 0.468 bits per heavy atom. The highest BCUT2D eigenvalue weighted by Crippen LogP contribution is 2.47.